The van der Waals surface area contributed by atoms with Crippen LogP contribution in [-0.4, -0.2) is 25.2 Å². The Kier molecular flexibility index (Phi) is 5.08. The minimum Gasteiger partial charge on any atom is -0.381 e. The number of ether oxygens (including phenoxy) is 1. The third kappa shape index (κ3) is 3.85. The van der Waals surface area contributed by atoms with E-state index < -0.39 is 0 Å². The summed E-state index contributed by atoms with van der Waals surface area (Å²) in [7, 11) is 0. The lowest BCUT2D eigenvalue weighted by Crippen LogP contribution is -2.38. The van der Waals surface area contributed by atoms with Crippen LogP contribution in [0.3, 0.4) is 0 Å². The minimum absolute atomic E-state index is 0.00880. The highest BCUT2D eigenvalue weighted by Gasteiger charge is 2.24. The van der Waals surface area contributed by atoms with Crippen LogP contribution in [0.15, 0.2) is 18.2 Å². The molecule has 0 saturated carbocycles. The Morgan fingerprint density at radius 2 is 2.16 bits per heavy atom. The fourth-order valence-electron chi connectivity index (χ4n) is 2.19. The molecule has 1 amide bonds. The molecule has 1 aromatic rings. The average molecular weight is 302 g/mol. The maximum atomic E-state index is 12.0. The Morgan fingerprint density at radius 1 is 1.47 bits per heavy atom. The van der Waals surface area contributed by atoms with Gasteiger partial charge in [0.2, 0.25) is 5.91 Å². The predicted molar refractivity (Wildman–Crippen MR) is 76.7 cm³/mol. The number of carbonyl (C=O) groups is 1. The lowest BCUT2D eigenvalue weighted by atomic mass is 10.0. The molecular formula is C14H17Cl2NO2. The van der Waals surface area contributed by atoms with Crippen LogP contribution in [0, 0.1) is 5.92 Å². The van der Waals surface area contributed by atoms with Crippen molar-refractivity contribution in [1.82, 2.24) is 5.32 Å². The first-order valence-corrected chi connectivity index (χ1v) is 7.14. The first kappa shape index (κ1) is 14.6. The second-order valence-electron chi connectivity index (χ2n) is 4.87. The summed E-state index contributed by atoms with van der Waals surface area (Å²) in [4.78, 5) is 12.0. The summed E-state index contributed by atoms with van der Waals surface area (Å²) in [6.07, 6.45) is 1.42. The summed E-state index contributed by atoms with van der Waals surface area (Å²) >= 11 is 12.2. The van der Waals surface area contributed by atoms with E-state index >= 15 is 0 Å². The molecule has 1 aliphatic rings. The molecule has 3 nitrogen and oxygen atoms in total. The maximum absolute atomic E-state index is 12.0. The Morgan fingerprint density at radius 3 is 2.74 bits per heavy atom. The van der Waals surface area contributed by atoms with Gasteiger partial charge in [0.05, 0.1) is 12.5 Å². The zero-order chi connectivity index (χ0) is 13.8. The van der Waals surface area contributed by atoms with Crippen LogP contribution in [0.4, 0.5) is 0 Å². The van der Waals surface area contributed by atoms with Crippen LogP contribution in [0.5, 0.6) is 0 Å². The summed E-state index contributed by atoms with van der Waals surface area (Å²) in [5, 5.41) is 4.26. The van der Waals surface area contributed by atoms with Crippen molar-refractivity contribution >= 4 is 29.1 Å². The number of hydrogen-bond acceptors (Lipinski definition) is 2. The van der Waals surface area contributed by atoms with E-state index in [-0.39, 0.29) is 17.9 Å². The highest BCUT2D eigenvalue weighted by molar-refractivity contribution is 6.36. The Labute approximate surface area is 123 Å². The Balaban J connectivity index is 1.93. The Bertz CT molecular complexity index is 439. The molecule has 1 heterocycles. The van der Waals surface area contributed by atoms with Gasteiger partial charge in [-0.1, -0.05) is 29.3 Å². The lowest BCUT2D eigenvalue weighted by molar-refractivity contribution is -0.125. The molecule has 0 radical (unpaired) electrons. The quantitative estimate of drug-likeness (QED) is 0.928. The van der Waals surface area contributed by atoms with Crippen molar-refractivity contribution in [2.24, 2.45) is 5.92 Å². The van der Waals surface area contributed by atoms with Crippen molar-refractivity contribution in [2.45, 2.75) is 25.8 Å². The predicted octanol–water partition coefficient (Wildman–Crippen LogP) is 3.08. The van der Waals surface area contributed by atoms with Crippen LogP contribution in [0.2, 0.25) is 10.0 Å². The fourth-order valence-corrected chi connectivity index (χ4v) is 2.74. The van der Waals surface area contributed by atoms with Crippen molar-refractivity contribution < 1.29 is 9.53 Å². The van der Waals surface area contributed by atoms with E-state index in [2.05, 4.69) is 5.32 Å². The van der Waals surface area contributed by atoms with E-state index in [1.54, 1.807) is 0 Å². The summed E-state index contributed by atoms with van der Waals surface area (Å²) < 4.78 is 5.21. The molecule has 0 aliphatic carbocycles. The molecule has 1 saturated heterocycles. The molecule has 2 rings (SSSR count). The molecule has 2 atom stereocenters. The molecular weight excluding hydrogens is 285 g/mol. The van der Waals surface area contributed by atoms with Gasteiger partial charge in [-0.2, -0.15) is 0 Å². The van der Waals surface area contributed by atoms with E-state index in [0.29, 0.717) is 29.7 Å². The normalized spacial score (nSPS) is 20.3. The van der Waals surface area contributed by atoms with Gasteiger partial charge in [0.15, 0.2) is 0 Å². The minimum atomic E-state index is -0.0239. The average Bonchev–Trinajstić information content (AvgIpc) is 2.88. The molecule has 19 heavy (non-hydrogen) atoms. The summed E-state index contributed by atoms with van der Waals surface area (Å²) in [6, 6.07) is 5.42. The maximum Gasteiger partial charge on any atom is 0.225 e. The van der Waals surface area contributed by atoms with E-state index in [1.165, 1.54) is 0 Å². The van der Waals surface area contributed by atoms with Gasteiger partial charge in [-0.3, -0.25) is 4.79 Å². The zero-order valence-electron chi connectivity index (χ0n) is 10.8. The molecule has 104 valence electrons. The van der Waals surface area contributed by atoms with Gasteiger partial charge in [0.25, 0.3) is 0 Å². The van der Waals surface area contributed by atoms with E-state index in [1.807, 2.05) is 25.1 Å². The smallest absolute Gasteiger partial charge is 0.225 e. The number of hydrogen-bond donors (Lipinski definition) is 1. The van der Waals surface area contributed by atoms with Gasteiger partial charge in [-0.25, -0.2) is 0 Å². The third-order valence-corrected chi connectivity index (χ3v) is 3.97. The molecule has 0 aromatic heterocycles. The van der Waals surface area contributed by atoms with Crippen LogP contribution in [0.25, 0.3) is 0 Å². The number of benzene rings is 1. The van der Waals surface area contributed by atoms with Gasteiger partial charge in [-0.05, 0) is 37.5 Å². The van der Waals surface area contributed by atoms with Crippen molar-refractivity contribution in [1.29, 1.82) is 0 Å². The SMILES string of the molecule is CC(Cc1c(Cl)cccc1Cl)NC(=O)C1CCOC1. The van der Waals surface area contributed by atoms with Crippen LogP contribution >= 0.6 is 23.2 Å². The summed E-state index contributed by atoms with van der Waals surface area (Å²) in [6.45, 7) is 3.14. The number of amides is 1. The van der Waals surface area contributed by atoms with Gasteiger partial charge >= 0.3 is 0 Å². The van der Waals surface area contributed by atoms with Crippen molar-refractivity contribution in [3.8, 4) is 0 Å². The molecule has 2 unspecified atom stereocenters. The van der Waals surface area contributed by atoms with E-state index in [4.69, 9.17) is 27.9 Å². The molecule has 1 aromatic carbocycles. The number of nitrogens with one attached hydrogen (secondary N) is 1. The van der Waals surface area contributed by atoms with Gasteiger partial charge in [-0.15, -0.1) is 0 Å². The molecule has 0 spiro atoms. The molecule has 1 N–H and O–H groups in total. The molecule has 1 aliphatic heterocycles. The number of carbonyl (C=O) groups excluding carboxylic acids is 1. The molecule has 5 heteroatoms. The molecule has 0 bridgehead atoms. The highest BCUT2D eigenvalue weighted by Crippen LogP contribution is 2.25. The fraction of sp³-hybridized carbons (Fsp3) is 0.500. The topological polar surface area (TPSA) is 38.3 Å². The first-order valence-electron chi connectivity index (χ1n) is 6.39. The zero-order valence-corrected chi connectivity index (χ0v) is 12.3. The van der Waals surface area contributed by atoms with Crippen LogP contribution in [-0.2, 0) is 16.0 Å². The van der Waals surface area contributed by atoms with Gasteiger partial charge < -0.3 is 10.1 Å². The standard InChI is InChI=1S/C14H17Cl2NO2/c1-9(17-14(18)10-5-6-19-8-10)7-11-12(15)3-2-4-13(11)16/h2-4,9-10H,5-8H2,1H3,(H,17,18). The van der Waals surface area contributed by atoms with E-state index in [0.717, 1.165) is 12.0 Å². The second-order valence-corrected chi connectivity index (χ2v) is 5.69. The second kappa shape index (κ2) is 6.60. The third-order valence-electron chi connectivity index (χ3n) is 3.26. The molecule has 1 fully saturated rings. The summed E-state index contributed by atoms with van der Waals surface area (Å²) in [5.74, 6) is 0.0253. The first-order chi connectivity index (χ1) is 9.08. The van der Waals surface area contributed by atoms with Crippen molar-refractivity contribution in [2.75, 3.05) is 13.2 Å². The monoisotopic (exact) mass is 301 g/mol. The number of rotatable bonds is 4. The van der Waals surface area contributed by atoms with Crippen molar-refractivity contribution in [3.05, 3.63) is 33.8 Å². The van der Waals surface area contributed by atoms with Crippen molar-refractivity contribution in [3.63, 3.8) is 0 Å². The van der Waals surface area contributed by atoms with Crippen LogP contribution < -0.4 is 5.32 Å². The number of halogens is 2. The largest absolute Gasteiger partial charge is 0.381 e. The van der Waals surface area contributed by atoms with Gasteiger partial charge in [0, 0.05) is 22.7 Å². The van der Waals surface area contributed by atoms with Crippen LogP contribution in [0.1, 0.15) is 18.9 Å². The summed E-state index contributed by atoms with van der Waals surface area (Å²) in [5.41, 5.74) is 0.876. The lowest BCUT2D eigenvalue weighted by Gasteiger charge is -2.17. The van der Waals surface area contributed by atoms with E-state index in [9.17, 15) is 4.79 Å². The Hall–Kier alpha value is -0.770. The van der Waals surface area contributed by atoms with Gasteiger partial charge in [0.1, 0.15) is 0 Å². The highest BCUT2D eigenvalue weighted by atomic mass is 35.5.